The van der Waals surface area contributed by atoms with E-state index in [1.165, 1.54) is 30.3 Å². The largest absolute Gasteiger partial charge is 0.417 e. The fourth-order valence-corrected chi connectivity index (χ4v) is 4.77. The van der Waals surface area contributed by atoms with E-state index < -0.39 is 29.0 Å². The average molecular weight is 454 g/mol. The van der Waals surface area contributed by atoms with E-state index in [9.17, 15) is 26.3 Å². The van der Waals surface area contributed by atoms with Crippen LogP contribution in [0.15, 0.2) is 84.9 Å². The van der Waals surface area contributed by atoms with E-state index in [0.717, 1.165) is 0 Å². The molecule has 0 radical (unpaired) electrons. The Morgan fingerprint density at radius 3 is 1.48 bits per heavy atom. The lowest BCUT2D eigenvalue weighted by Gasteiger charge is -2.27. The molecule has 0 saturated carbocycles. The molecular formula is C27H16F6. The summed E-state index contributed by atoms with van der Waals surface area (Å²) in [7, 11) is 0. The van der Waals surface area contributed by atoms with Gasteiger partial charge in [-0.05, 0) is 45.4 Å². The number of benzene rings is 4. The quantitative estimate of drug-likeness (QED) is 0.234. The van der Waals surface area contributed by atoms with E-state index >= 15 is 0 Å². The SMILES string of the molecule is FC(F)(F)c1c2c(c(-c3ccccc3)c(-c3ccccc3)c1C(F)(F)F)Cc1ccccc1-2. The van der Waals surface area contributed by atoms with Gasteiger partial charge in [-0.2, -0.15) is 26.3 Å². The van der Waals surface area contributed by atoms with Gasteiger partial charge in [0.05, 0.1) is 11.1 Å². The summed E-state index contributed by atoms with van der Waals surface area (Å²) in [5, 5.41) is 0. The lowest BCUT2D eigenvalue weighted by atomic mass is 9.80. The van der Waals surface area contributed by atoms with Crippen LogP contribution in [-0.4, -0.2) is 0 Å². The molecule has 0 unspecified atom stereocenters. The van der Waals surface area contributed by atoms with Crippen LogP contribution in [-0.2, 0) is 18.8 Å². The van der Waals surface area contributed by atoms with Gasteiger partial charge in [0.2, 0.25) is 0 Å². The topological polar surface area (TPSA) is 0 Å². The molecule has 6 heteroatoms. The van der Waals surface area contributed by atoms with Gasteiger partial charge in [-0.15, -0.1) is 0 Å². The second-order valence-corrected chi connectivity index (χ2v) is 7.92. The Morgan fingerprint density at radius 2 is 0.939 bits per heavy atom. The summed E-state index contributed by atoms with van der Waals surface area (Å²) in [6.07, 6.45) is -10.3. The van der Waals surface area contributed by atoms with Crippen LogP contribution in [0.4, 0.5) is 26.3 Å². The molecule has 0 atom stereocenters. The molecule has 0 N–H and O–H groups in total. The zero-order valence-corrected chi connectivity index (χ0v) is 17.1. The van der Waals surface area contributed by atoms with Crippen LogP contribution in [0, 0.1) is 0 Å². The molecule has 5 rings (SSSR count). The summed E-state index contributed by atoms with van der Waals surface area (Å²) in [4.78, 5) is 0. The van der Waals surface area contributed by atoms with Gasteiger partial charge >= 0.3 is 12.4 Å². The lowest BCUT2D eigenvalue weighted by Crippen LogP contribution is -2.21. The Hall–Kier alpha value is -3.54. The van der Waals surface area contributed by atoms with Gasteiger partial charge in [0.25, 0.3) is 0 Å². The van der Waals surface area contributed by atoms with Crippen LogP contribution in [0.2, 0.25) is 0 Å². The zero-order chi connectivity index (χ0) is 23.4. The molecule has 0 aliphatic heterocycles. The first-order chi connectivity index (χ1) is 15.7. The number of hydrogen-bond donors (Lipinski definition) is 0. The molecule has 1 aliphatic carbocycles. The highest BCUT2D eigenvalue weighted by Gasteiger charge is 2.50. The molecule has 0 bridgehead atoms. The maximum Gasteiger partial charge on any atom is 0.417 e. The summed E-state index contributed by atoms with van der Waals surface area (Å²) in [6, 6.07) is 22.2. The normalized spacial score (nSPS) is 13.0. The molecule has 0 spiro atoms. The standard InChI is InChI=1S/C27H16F6/c28-26(29,30)24-22(17-11-5-2-6-12-17)21(16-9-3-1-4-10-16)20-15-18-13-7-8-14-19(18)23(20)25(24)27(31,32)33/h1-14H,15H2. The Labute approximate surface area is 186 Å². The minimum atomic E-state index is -5.23. The predicted molar refractivity (Wildman–Crippen MR) is 116 cm³/mol. The van der Waals surface area contributed by atoms with Crippen molar-refractivity contribution in [2.75, 3.05) is 0 Å². The van der Waals surface area contributed by atoms with E-state index in [2.05, 4.69) is 0 Å². The summed E-state index contributed by atoms with van der Waals surface area (Å²) < 4.78 is 87.1. The van der Waals surface area contributed by atoms with E-state index in [1.54, 1.807) is 54.6 Å². The fourth-order valence-electron chi connectivity index (χ4n) is 4.77. The molecule has 0 nitrogen and oxygen atoms in total. The third kappa shape index (κ3) is 3.50. The third-order valence-corrected chi connectivity index (χ3v) is 5.95. The molecule has 4 aromatic carbocycles. The first kappa shape index (κ1) is 21.3. The van der Waals surface area contributed by atoms with Gasteiger partial charge in [-0.25, -0.2) is 0 Å². The zero-order valence-electron chi connectivity index (χ0n) is 17.1. The number of fused-ring (bicyclic) bond motifs is 3. The van der Waals surface area contributed by atoms with Gasteiger partial charge in [-0.1, -0.05) is 84.9 Å². The summed E-state index contributed by atoms with van der Waals surface area (Å²) >= 11 is 0. The fraction of sp³-hybridized carbons (Fsp3) is 0.111. The van der Waals surface area contributed by atoms with Gasteiger partial charge in [0.15, 0.2) is 0 Å². The first-order valence-electron chi connectivity index (χ1n) is 10.2. The maximum atomic E-state index is 14.6. The van der Waals surface area contributed by atoms with Gasteiger partial charge in [0.1, 0.15) is 0 Å². The van der Waals surface area contributed by atoms with Crippen LogP contribution < -0.4 is 0 Å². The molecule has 0 amide bonds. The van der Waals surface area contributed by atoms with Crippen LogP contribution in [0.1, 0.15) is 22.3 Å². The number of hydrogen-bond acceptors (Lipinski definition) is 0. The molecule has 166 valence electrons. The van der Waals surface area contributed by atoms with Crippen LogP contribution >= 0.6 is 0 Å². The molecule has 4 aromatic rings. The van der Waals surface area contributed by atoms with Crippen molar-refractivity contribution in [3.05, 3.63) is 107 Å². The molecule has 33 heavy (non-hydrogen) atoms. The minimum absolute atomic E-state index is 0.0907. The van der Waals surface area contributed by atoms with Gasteiger partial charge in [-0.3, -0.25) is 0 Å². The molecule has 0 fully saturated rings. The highest BCUT2D eigenvalue weighted by molar-refractivity contribution is 5.97. The second-order valence-electron chi connectivity index (χ2n) is 7.92. The van der Waals surface area contributed by atoms with Crippen molar-refractivity contribution in [1.82, 2.24) is 0 Å². The van der Waals surface area contributed by atoms with E-state index in [-0.39, 0.29) is 34.2 Å². The summed E-state index contributed by atoms with van der Waals surface area (Å²) in [6.45, 7) is 0. The van der Waals surface area contributed by atoms with Gasteiger partial charge < -0.3 is 0 Å². The minimum Gasteiger partial charge on any atom is -0.166 e. The molecule has 0 heterocycles. The lowest BCUT2D eigenvalue weighted by molar-refractivity contribution is -0.161. The molecule has 0 aromatic heterocycles. The van der Waals surface area contributed by atoms with Crippen molar-refractivity contribution in [3.8, 4) is 33.4 Å². The summed E-state index contributed by atoms with van der Waals surface area (Å²) in [5.74, 6) is 0. The number of halogens is 6. The van der Waals surface area contributed by atoms with Crippen molar-refractivity contribution in [1.29, 1.82) is 0 Å². The van der Waals surface area contributed by atoms with Crippen molar-refractivity contribution < 1.29 is 26.3 Å². The Bertz CT molecular complexity index is 1330. The number of rotatable bonds is 2. The van der Waals surface area contributed by atoms with Crippen molar-refractivity contribution in [2.24, 2.45) is 0 Å². The Morgan fingerprint density at radius 1 is 0.485 bits per heavy atom. The Balaban J connectivity index is 2.06. The van der Waals surface area contributed by atoms with E-state index in [4.69, 9.17) is 0 Å². The van der Waals surface area contributed by atoms with Gasteiger partial charge in [0, 0.05) is 5.56 Å². The van der Waals surface area contributed by atoms with Crippen LogP contribution in [0.25, 0.3) is 33.4 Å². The molecule has 1 aliphatic rings. The van der Waals surface area contributed by atoms with Crippen LogP contribution in [0.3, 0.4) is 0 Å². The second kappa shape index (κ2) is 7.51. The number of alkyl halides is 6. The first-order valence-corrected chi connectivity index (χ1v) is 10.2. The van der Waals surface area contributed by atoms with Crippen LogP contribution in [0.5, 0.6) is 0 Å². The highest BCUT2D eigenvalue weighted by atomic mass is 19.4. The highest BCUT2D eigenvalue weighted by Crippen LogP contribution is 2.57. The monoisotopic (exact) mass is 454 g/mol. The third-order valence-electron chi connectivity index (χ3n) is 5.95. The predicted octanol–water partition coefficient (Wildman–Crippen LogP) is 8.63. The summed E-state index contributed by atoms with van der Waals surface area (Å²) in [5.41, 5.74) is -2.31. The van der Waals surface area contributed by atoms with Crippen molar-refractivity contribution in [2.45, 2.75) is 18.8 Å². The molecular weight excluding hydrogens is 438 g/mol. The van der Waals surface area contributed by atoms with E-state index in [1.807, 2.05) is 0 Å². The smallest absolute Gasteiger partial charge is 0.166 e. The average Bonchev–Trinajstić information content (AvgIpc) is 3.16. The van der Waals surface area contributed by atoms with E-state index in [0.29, 0.717) is 11.1 Å². The molecule has 0 saturated heterocycles. The Kier molecular flexibility index (Phi) is 4.85. The maximum absolute atomic E-state index is 14.6. The van der Waals surface area contributed by atoms with Crippen molar-refractivity contribution in [3.63, 3.8) is 0 Å². The van der Waals surface area contributed by atoms with Crippen molar-refractivity contribution >= 4 is 0 Å².